The number of fused-ring (bicyclic) bond motifs is 2. The molecule has 0 spiro atoms. The second-order valence-electron chi connectivity index (χ2n) is 5.84. The summed E-state index contributed by atoms with van der Waals surface area (Å²) >= 11 is 0. The zero-order valence-electron chi connectivity index (χ0n) is 9.58. The number of hydrogen-bond donors (Lipinski definition) is 1. The molecule has 1 aliphatic carbocycles. The minimum absolute atomic E-state index is 0.456. The summed E-state index contributed by atoms with van der Waals surface area (Å²) in [6, 6.07) is 0. The Labute approximate surface area is 92.6 Å². The van der Waals surface area contributed by atoms with E-state index < -0.39 is 0 Å². The molecule has 2 nitrogen and oxygen atoms in total. The molecular formula is C13H23NO. The van der Waals surface area contributed by atoms with Crippen molar-refractivity contribution in [1.82, 2.24) is 0 Å². The molecule has 2 aliphatic heterocycles. The number of hydrogen-bond acceptors (Lipinski definition) is 2. The lowest BCUT2D eigenvalue weighted by Gasteiger charge is -2.43. The molecule has 1 saturated carbocycles. The van der Waals surface area contributed by atoms with E-state index in [1.807, 2.05) is 0 Å². The van der Waals surface area contributed by atoms with Gasteiger partial charge < -0.3 is 10.5 Å². The minimum Gasteiger partial charge on any atom is -0.375 e. The molecule has 0 aromatic heterocycles. The molecule has 0 amide bonds. The van der Waals surface area contributed by atoms with E-state index in [9.17, 15) is 0 Å². The van der Waals surface area contributed by atoms with Gasteiger partial charge in [0.2, 0.25) is 0 Å². The Bertz CT molecular complexity index is 235. The van der Waals surface area contributed by atoms with Gasteiger partial charge in [0.15, 0.2) is 0 Å². The van der Waals surface area contributed by atoms with Gasteiger partial charge in [0, 0.05) is 0 Å². The zero-order valence-corrected chi connectivity index (χ0v) is 9.58. The van der Waals surface area contributed by atoms with Crippen molar-refractivity contribution in [1.29, 1.82) is 0 Å². The average Bonchev–Trinajstić information content (AvgIpc) is 2.92. The summed E-state index contributed by atoms with van der Waals surface area (Å²) in [7, 11) is 0. The molecule has 3 unspecified atom stereocenters. The van der Waals surface area contributed by atoms with Gasteiger partial charge in [-0.05, 0) is 50.0 Å². The molecule has 2 N–H and O–H groups in total. The van der Waals surface area contributed by atoms with Gasteiger partial charge in [-0.15, -0.1) is 0 Å². The molecule has 86 valence electrons. The minimum atomic E-state index is 0.456. The van der Waals surface area contributed by atoms with Crippen molar-refractivity contribution in [3.8, 4) is 0 Å². The fourth-order valence-electron chi connectivity index (χ4n) is 4.26. The lowest BCUT2D eigenvalue weighted by atomic mass is 9.61. The molecule has 2 heteroatoms. The Morgan fingerprint density at radius 2 is 1.93 bits per heavy atom. The fraction of sp³-hybridized carbons (Fsp3) is 1.00. The molecule has 3 aliphatic rings. The lowest BCUT2D eigenvalue weighted by Crippen LogP contribution is -2.43. The van der Waals surface area contributed by atoms with Crippen LogP contribution < -0.4 is 5.73 Å². The van der Waals surface area contributed by atoms with E-state index >= 15 is 0 Å². The van der Waals surface area contributed by atoms with Gasteiger partial charge in [0.1, 0.15) is 0 Å². The summed E-state index contributed by atoms with van der Waals surface area (Å²) in [6.07, 6.45) is 12.0. The molecule has 15 heavy (non-hydrogen) atoms. The van der Waals surface area contributed by atoms with Crippen LogP contribution in [0.2, 0.25) is 0 Å². The number of nitrogens with two attached hydrogens (primary N) is 1. The van der Waals surface area contributed by atoms with Gasteiger partial charge in [-0.1, -0.05) is 19.3 Å². The predicted molar refractivity (Wildman–Crippen MR) is 60.6 cm³/mol. The third kappa shape index (κ3) is 1.53. The lowest BCUT2D eigenvalue weighted by molar-refractivity contribution is 0.0326. The average molecular weight is 209 g/mol. The number of rotatable bonds is 2. The van der Waals surface area contributed by atoms with E-state index in [4.69, 9.17) is 10.5 Å². The monoisotopic (exact) mass is 209 g/mol. The highest BCUT2D eigenvalue weighted by Gasteiger charge is 2.50. The van der Waals surface area contributed by atoms with Crippen LogP contribution in [0.4, 0.5) is 0 Å². The molecule has 2 saturated heterocycles. The highest BCUT2D eigenvalue weighted by Crippen LogP contribution is 2.52. The van der Waals surface area contributed by atoms with Crippen LogP contribution in [-0.2, 0) is 4.74 Å². The first-order valence-electron chi connectivity index (χ1n) is 6.70. The van der Waals surface area contributed by atoms with E-state index in [0.29, 0.717) is 17.6 Å². The Hall–Kier alpha value is -0.0800. The maximum Gasteiger partial charge on any atom is 0.0614 e. The summed E-state index contributed by atoms with van der Waals surface area (Å²) in [4.78, 5) is 0. The molecule has 0 aromatic rings. The maximum atomic E-state index is 6.09. The summed E-state index contributed by atoms with van der Waals surface area (Å²) in [5.74, 6) is 0.793. The van der Waals surface area contributed by atoms with E-state index in [1.54, 1.807) is 0 Å². The molecular weight excluding hydrogens is 186 g/mol. The first kappa shape index (κ1) is 10.1. The standard InChI is InChI=1S/C13H23NO/c14-9-13(6-2-1-3-7-13)11-8-10-4-5-12(11)15-10/h10-12H,1-9,14H2. The van der Waals surface area contributed by atoms with Crippen molar-refractivity contribution >= 4 is 0 Å². The molecule has 3 rings (SSSR count). The van der Waals surface area contributed by atoms with Crippen LogP contribution in [0.25, 0.3) is 0 Å². The highest BCUT2D eigenvalue weighted by atomic mass is 16.5. The molecule has 3 fully saturated rings. The third-order valence-electron chi connectivity index (χ3n) is 5.15. The smallest absolute Gasteiger partial charge is 0.0614 e. The van der Waals surface area contributed by atoms with Crippen LogP contribution in [0.1, 0.15) is 51.4 Å². The third-order valence-corrected chi connectivity index (χ3v) is 5.15. The van der Waals surface area contributed by atoms with Crippen LogP contribution >= 0.6 is 0 Å². The van der Waals surface area contributed by atoms with Crippen LogP contribution in [0, 0.1) is 11.3 Å². The van der Waals surface area contributed by atoms with Gasteiger partial charge >= 0.3 is 0 Å². The van der Waals surface area contributed by atoms with E-state index in [2.05, 4.69) is 0 Å². The Morgan fingerprint density at radius 3 is 2.47 bits per heavy atom. The van der Waals surface area contributed by atoms with Gasteiger partial charge in [-0.25, -0.2) is 0 Å². The van der Waals surface area contributed by atoms with Crippen LogP contribution in [0.3, 0.4) is 0 Å². The van der Waals surface area contributed by atoms with Crippen molar-refractivity contribution in [2.24, 2.45) is 17.1 Å². The van der Waals surface area contributed by atoms with Crippen LogP contribution in [0.5, 0.6) is 0 Å². The summed E-state index contributed by atoms with van der Waals surface area (Å²) in [5.41, 5.74) is 6.55. The van der Waals surface area contributed by atoms with Crippen molar-refractivity contribution < 1.29 is 4.74 Å². The van der Waals surface area contributed by atoms with E-state index in [-0.39, 0.29) is 0 Å². The normalized spacial score (nSPS) is 43.4. The maximum absolute atomic E-state index is 6.09. The predicted octanol–water partition coefficient (Wildman–Crippen LogP) is 2.46. The van der Waals surface area contributed by atoms with Crippen molar-refractivity contribution in [3.05, 3.63) is 0 Å². The van der Waals surface area contributed by atoms with Crippen molar-refractivity contribution in [2.75, 3.05) is 6.54 Å². The first-order valence-corrected chi connectivity index (χ1v) is 6.70. The largest absolute Gasteiger partial charge is 0.375 e. The molecule has 0 aromatic carbocycles. The summed E-state index contributed by atoms with van der Waals surface area (Å²) in [6.45, 7) is 0.893. The van der Waals surface area contributed by atoms with Crippen LogP contribution in [-0.4, -0.2) is 18.8 Å². The highest BCUT2D eigenvalue weighted by molar-refractivity contribution is 5.00. The molecule has 2 heterocycles. The molecule has 3 atom stereocenters. The van der Waals surface area contributed by atoms with Crippen molar-refractivity contribution in [3.63, 3.8) is 0 Å². The van der Waals surface area contributed by atoms with Gasteiger partial charge in [-0.3, -0.25) is 0 Å². The Balaban J connectivity index is 1.77. The molecule has 2 bridgehead atoms. The Morgan fingerprint density at radius 1 is 1.13 bits per heavy atom. The summed E-state index contributed by atoms with van der Waals surface area (Å²) in [5, 5.41) is 0. The van der Waals surface area contributed by atoms with Crippen LogP contribution in [0.15, 0.2) is 0 Å². The van der Waals surface area contributed by atoms with Gasteiger partial charge in [0.25, 0.3) is 0 Å². The topological polar surface area (TPSA) is 35.2 Å². The van der Waals surface area contributed by atoms with Crippen molar-refractivity contribution in [2.45, 2.75) is 63.6 Å². The first-order chi connectivity index (χ1) is 7.34. The fourth-order valence-corrected chi connectivity index (χ4v) is 4.26. The second kappa shape index (κ2) is 3.74. The zero-order chi connectivity index (χ0) is 10.3. The number of ether oxygens (including phenoxy) is 1. The van der Waals surface area contributed by atoms with Gasteiger partial charge in [0.05, 0.1) is 12.2 Å². The quantitative estimate of drug-likeness (QED) is 0.758. The van der Waals surface area contributed by atoms with Gasteiger partial charge in [-0.2, -0.15) is 0 Å². The molecule has 0 radical (unpaired) electrons. The van der Waals surface area contributed by atoms with E-state index in [0.717, 1.165) is 12.5 Å². The second-order valence-corrected chi connectivity index (χ2v) is 5.84. The van der Waals surface area contributed by atoms with E-state index in [1.165, 1.54) is 51.4 Å². The summed E-state index contributed by atoms with van der Waals surface area (Å²) < 4.78 is 6.01. The SMILES string of the molecule is NCC1(C2CC3CCC2O3)CCCCC1. The Kier molecular flexibility index (Phi) is 2.52.